The summed E-state index contributed by atoms with van der Waals surface area (Å²) in [6.07, 6.45) is 1.26. The van der Waals surface area contributed by atoms with E-state index < -0.39 is 29.3 Å². The molecule has 182 valence electrons. The molecule has 35 heavy (non-hydrogen) atoms. The van der Waals surface area contributed by atoms with Crippen molar-refractivity contribution in [2.75, 3.05) is 0 Å². The number of alkyl carbamates (subject to hydrolysis) is 1. The number of aryl methyl sites for hydroxylation is 1. The zero-order valence-corrected chi connectivity index (χ0v) is 20.4. The van der Waals surface area contributed by atoms with Gasteiger partial charge in [-0.1, -0.05) is 18.2 Å². The molecule has 0 unspecified atom stereocenters. The topological polar surface area (TPSA) is 111 Å². The molecule has 0 aliphatic heterocycles. The molecule has 2 aromatic heterocycles. The van der Waals surface area contributed by atoms with Crippen molar-refractivity contribution in [3.63, 3.8) is 0 Å². The Kier molecular flexibility index (Phi) is 6.39. The number of hydrogen-bond acceptors (Lipinski definition) is 6. The summed E-state index contributed by atoms with van der Waals surface area (Å²) in [4.78, 5) is 41.0. The predicted molar refractivity (Wildman–Crippen MR) is 133 cm³/mol. The van der Waals surface area contributed by atoms with Crippen LogP contribution in [0.25, 0.3) is 21.9 Å². The minimum Gasteiger partial charge on any atom is -0.444 e. The number of carbonyl (C=O) groups excluding carboxylic acids is 2. The van der Waals surface area contributed by atoms with Gasteiger partial charge in [0.1, 0.15) is 23.0 Å². The van der Waals surface area contributed by atoms with Gasteiger partial charge in [0.05, 0.1) is 0 Å². The van der Waals surface area contributed by atoms with E-state index in [-0.39, 0.29) is 12.2 Å². The number of nitrogens with one attached hydrogen (secondary N) is 2. The summed E-state index contributed by atoms with van der Waals surface area (Å²) in [6, 6.07) is 11.5. The highest BCUT2D eigenvalue weighted by Crippen LogP contribution is 2.25. The van der Waals surface area contributed by atoms with Crippen molar-refractivity contribution in [1.29, 1.82) is 0 Å². The van der Waals surface area contributed by atoms with Gasteiger partial charge in [0.25, 0.3) is 0 Å². The lowest BCUT2D eigenvalue weighted by atomic mass is 10.0. The van der Waals surface area contributed by atoms with Crippen molar-refractivity contribution in [1.82, 2.24) is 10.3 Å². The number of rotatable bonds is 5. The Balaban J connectivity index is 1.61. The highest BCUT2D eigenvalue weighted by Gasteiger charge is 2.27. The van der Waals surface area contributed by atoms with E-state index >= 15 is 0 Å². The van der Waals surface area contributed by atoms with Crippen molar-refractivity contribution >= 4 is 33.9 Å². The molecular weight excluding hydrogens is 448 g/mol. The molecule has 8 nitrogen and oxygen atoms in total. The Hall–Kier alpha value is -4.07. The summed E-state index contributed by atoms with van der Waals surface area (Å²) in [7, 11) is 0. The van der Waals surface area contributed by atoms with Crippen LogP contribution in [0.2, 0.25) is 0 Å². The molecule has 0 aliphatic rings. The van der Waals surface area contributed by atoms with Crippen LogP contribution in [0.5, 0.6) is 5.75 Å². The Morgan fingerprint density at radius 2 is 1.80 bits per heavy atom. The van der Waals surface area contributed by atoms with E-state index in [1.807, 2.05) is 31.2 Å². The van der Waals surface area contributed by atoms with Crippen molar-refractivity contribution in [3.8, 4) is 5.75 Å². The van der Waals surface area contributed by atoms with Gasteiger partial charge in [-0.05, 0) is 63.9 Å². The largest absolute Gasteiger partial charge is 0.444 e. The van der Waals surface area contributed by atoms with Gasteiger partial charge in [0.15, 0.2) is 0 Å². The molecule has 0 spiro atoms. The number of amides is 1. The maximum atomic E-state index is 13.2. The second-order valence-electron chi connectivity index (χ2n) is 9.48. The number of hydrogen-bond donors (Lipinski definition) is 2. The van der Waals surface area contributed by atoms with E-state index in [1.165, 1.54) is 6.07 Å². The number of fused-ring (bicyclic) bond motifs is 2. The van der Waals surface area contributed by atoms with Gasteiger partial charge >= 0.3 is 17.7 Å². The molecule has 0 saturated heterocycles. The Labute approximate surface area is 202 Å². The molecule has 0 saturated carbocycles. The maximum Gasteiger partial charge on any atom is 0.408 e. The molecule has 4 aromatic rings. The molecule has 2 N–H and O–H groups in total. The fraction of sp³-hybridized carbons (Fsp3) is 0.296. The van der Waals surface area contributed by atoms with Crippen molar-refractivity contribution in [2.24, 2.45) is 0 Å². The van der Waals surface area contributed by atoms with Crippen LogP contribution in [-0.2, 0) is 16.0 Å². The van der Waals surface area contributed by atoms with Crippen LogP contribution in [-0.4, -0.2) is 28.7 Å². The summed E-state index contributed by atoms with van der Waals surface area (Å²) in [5.41, 5.74) is 2.24. The van der Waals surface area contributed by atoms with Crippen LogP contribution in [0.1, 0.15) is 37.5 Å². The number of H-pyrrole nitrogens is 1. The van der Waals surface area contributed by atoms with Crippen LogP contribution < -0.4 is 15.7 Å². The highest BCUT2D eigenvalue weighted by molar-refractivity contribution is 5.88. The van der Waals surface area contributed by atoms with Gasteiger partial charge in [-0.3, -0.25) is 0 Å². The van der Waals surface area contributed by atoms with E-state index in [4.69, 9.17) is 13.9 Å². The third kappa shape index (κ3) is 5.37. The summed E-state index contributed by atoms with van der Waals surface area (Å²) in [5, 5.41) is 4.33. The monoisotopic (exact) mass is 476 g/mol. The van der Waals surface area contributed by atoms with Crippen molar-refractivity contribution in [2.45, 2.75) is 52.7 Å². The van der Waals surface area contributed by atoms with E-state index in [9.17, 15) is 14.4 Å². The minimum atomic E-state index is -1.02. The second-order valence-corrected chi connectivity index (χ2v) is 9.48. The van der Waals surface area contributed by atoms with Gasteiger partial charge in [0.2, 0.25) is 0 Å². The zero-order valence-electron chi connectivity index (χ0n) is 20.4. The molecule has 2 heterocycles. The highest BCUT2D eigenvalue weighted by atomic mass is 16.6. The SMILES string of the molecule is Cc1c(C)c2ccc(OC(=O)[C@@H](Cc3c[nH]c4ccccc34)NC(=O)OC(C)(C)C)cc2oc1=O. The van der Waals surface area contributed by atoms with Gasteiger partial charge in [0, 0.05) is 40.5 Å². The number of ether oxygens (including phenoxy) is 2. The second kappa shape index (κ2) is 9.29. The van der Waals surface area contributed by atoms with E-state index in [1.54, 1.807) is 46.0 Å². The fourth-order valence-corrected chi connectivity index (χ4v) is 3.84. The summed E-state index contributed by atoms with van der Waals surface area (Å²) < 4.78 is 16.3. The van der Waals surface area contributed by atoms with Gasteiger partial charge in [-0.15, -0.1) is 0 Å². The Morgan fingerprint density at radius 1 is 1.06 bits per heavy atom. The summed E-state index contributed by atoms with van der Waals surface area (Å²) >= 11 is 0. The van der Waals surface area contributed by atoms with Crippen LogP contribution in [0.3, 0.4) is 0 Å². The van der Waals surface area contributed by atoms with E-state index in [0.717, 1.165) is 27.4 Å². The number of aromatic amines is 1. The van der Waals surface area contributed by atoms with E-state index in [0.29, 0.717) is 11.1 Å². The molecule has 1 amide bonds. The summed E-state index contributed by atoms with van der Waals surface area (Å²) in [5.74, 6) is -0.476. The zero-order chi connectivity index (χ0) is 25.3. The standard InChI is InChI=1S/C27H28N2O6/c1-15-16(2)24(30)34-23-13-18(10-11-19(15)23)33-25(31)22(29-26(32)35-27(3,4)5)12-17-14-28-21-9-7-6-8-20(17)21/h6-11,13-14,22,28H,12H2,1-5H3,(H,29,32)/t22-/m1/s1. The van der Waals surface area contributed by atoms with Gasteiger partial charge < -0.3 is 24.2 Å². The molecule has 4 rings (SSSR count). The van der Waals surface area contributed by atoms with Gasteiger partial charge in [-0.2, -0.15) is 0 Å². The number of carbonyl (C=O) groups is 2. The molecule has 1 atom stereocenters. The first kappa shape index (κ1) is 24.1. The van der Waals surface area contributed by atoms with Crippen LogP contribution in [0.15, 0.2) is 57.9 Å². The minimum absolute atomic E-state index is 0.184. The molecule has 0 aliphatic carbocycles. The molecule has 0 radical (unpaired) electrons. The molecule has 0 bridgehead atoms. The number of para-hydroxylation sites is 1. The van der Waals surface area contributed by atoms with Gasteiger partial charge in [-0.25, -0.2) is 14.4 Å². The quantitative estimate of drug-likeness (QED) is 0.240. The van der Waals surface area contributed by atoms with Crippen LogP contribution in [0, 0.1) is 13.8 Å². The summed E-state index contributed by atoms with van der Waals surface area (Å²) in [6.45, 7) is 8.76. The van der Waals surface area contributed by atoms with Crippen molar-refractivity contribution in [3.05, 3.63) is 75.8 Å². The Bertz CT molecular complexity index is 1470. The molecular formula is C27H28N2O6. The van der Waals surface area contributed by atoms with Crippen molar-refractivity contribution < 1.29 is 23.5 Å². The fourth-order valence-electron chi connectivity index (χ4n) is 3.84. The number of aromatic nitrogens is 1. The lowest BCUT2D eigenvalue weighted by Gasteiger charge is -2.23. The first-order chi connectivity index (χ1) is 16.5. The van der Waals surface area contributed by atoms with E-state index in [2.05, 4.69) is 10.3 Å². The average Bonchev–Trinajstić information content (AvgIpc) is 3.18. The first-order valence-electron chi connectivity index (χ1n) is 11.3. The molecule has 8 heteroatoms. The number of esters is 1. The van der Waals surface area contributed by atoms with Crippen LogP contribution in [0.4, 0.5) is 4.79 Å². The van der Waals surface area contributed by atoms with Crippen LogP contribution >= 0.6 is 0 Å². The predicted octanol–water partition coefficient (Wildman–Crippen LogP) is 4.93. The normalized spacial score (nSPS) is 12.5. The molecule has 2 aromatic carbocycles. The third-order valence-electron chi connectivity index (χ3n) is 5.72. The lowest BCUT2D eigenvalue weighted by Crippen LogP contribution is -2.46. The number of benzene rings is 2. The average molecular weight is 477 g/mol. The third-order valence-corrected chi connectivity index (χ3v) is 5.72. The maximum absolute atomic E-state index is 13.2. The lowest BCUT2D eigenvalue weighted by molar-refractivity contribution is -0.136. The first-order valence-corrected chi connectivity index (χ1v) is 11.3. The molecule has 0 fully saturated rings. The Morgan fingerprint density at radius 3 is 2.54 bits per heavy atom. The smallest absolute Gasteiger partial charge is 0.408 e.